The summed E-state index contributed by atoms with van der Waals surface area (Å²) >= 11 is 0. The highest BCUT2D eigenvalue weighted by Crippen LogP contribution is 2.38. The summed E-state index contributed by atoms with van der Waals surface area (Å²) in [4.78, 5) is 11.8. The van der Waals surface area contributed by atoms with E-state index < -0.39 is 12.1 Å². The predicted molar refractivity (Wildman–Crippen MR) is 86.8 cm³/mol. The van der Waals surface area contributed by atoms with Crippen molar-refractivity contribution in [3.8, 4) is 5.69 Å². The lowest BCUT2D eigenvalue weighted by Gasteiger charge is -2.06. The molecule has 0 amide bonds. The van der Waals surface area contributed by atoms with Crippen molar-refractivity contribution in [3.63, 3.8) is 0 Å². The lowest BCUT2D eigenvalue weighted by molar-refractivity contribution is 0.0686. The zero-order valence-electron chi connectivity index (χ0n) is 12.5. The third-order valence-corrected chi connectivity index (χ3v) is 4.02. The van der Waals surface area contributed by atoms with E-state index in [2.05, 4.69) is 10.3 Å². The van der Waals surface area contributed by atoms with E-state index in [1.165, 1.54) is 4.68 Å². The Morgan fingerprint density at radius 1 is 1.04 bits per heavy atom. The molecule has 118 valence electrons. The van der Waals surface area contributed by atoms with E-state index in [0.717, 1.165) is 11.1 Å². The van der Waals surface area contributed by atoms with Gasteiger partial charge in [0, 0.05) is 5.57 Å². The van der Waals surface area contributed by atoms with Crippen LogP contribution in [0.3, 0.4) is 0 Å². The van der Waals surface area contributed by atoms with Gasteiger partial charge in [0.1, 0.15) is 5.69 Å². The van der Waals surface area contributed by atoms with Crippen molar-refractivity contribution in [2.45, 2.75) is 6.10 Å². The molecule has 1 atom stereocenters. The predicted octanol–water partition coefficient (Wildman–Crippen LogP) is 2.44. The Hall–Kier alpha value is -3.25. The maximum Gasteiger partial charge on any atom is 0.357 e. The van der Waals surface area contributed by atoms with Crippen LogP contribution in [0.4, 0.5) is 0 Å². The number of fused-ring (bicyclic) bond motifs is 1. The van der Waals surface area contributed by atoms with Crippen LogP contribution < -0.4 is 0 Å². The number of hydrogen-bond donors (Lipinski definition) is 2. The number of aliphatic hydroxyl groups is 1. The van der Waals surface area contributed by atoms with Crippen LogP contribution in [-0.2, 0) is 0 Å². The topological polar surface area (TPSA) is 88.2 Å². The van der Waals surface area contributed by atoms with Crippen molar-refractivity contribution in [2.24, 2.45) is 0 Å². The lowest BCUT2D eigenvalue weighted by Crippen LogP contribution is -2.10. The van der Waals surface area contributed by atoms with Crippen LogP contribution in [0.25, 0.3) is 11.3 Å². The minimum Gasteiger partial charge on any atom is -0.476 e. The van der Waals surface area contributed by atoms with Crippen molar-refractivity contribution in [2.75, 3.05) is 0 Å². The summed E-state index contributed by atoms with van der Waals surface area (Å²) in [5, 5.41) is 28.0. The first-order valence-corrected chi connectivity index (χ1v) is 7.41. The van der Waals surface area contributed by atoms with Gasteiger partial charge in [-0.1, -0.05) is 47.7 Å². The van der Waals surface area contributed by atoms with Crippen molar-refractivity contribution < 1.29 is 15.0 Å². The van der Waals surface area contributed by atoms with Gasteiger partial charge in [-0.2, -0.15) is 0 Å². The van der Waals surface area contributed by atoms with Gasteiger partial charge in [-0.05, 0) is 29.3 Å². The lowest BCUT2D eigenvalue weighted by atomic mass is 10.0. The molecule has 0 spiro atoms. The van der Waals surface area contributed by atoms with Crippen LogP contribution in [0, 0.1) is 0 Å². The number of aromatic carboxylic acids is 1. The van der Waals surface area contributed by atoms with E-state index in [4.69, 9.17) is 0 Å². The number of carboxylic acid groups (broad SMARTS) is 1. The Morgan fingerprint density at radius 3 is 2.50 bits per heavy atom. The summed E-state index contributed by atoms with van der Waals surface area (Å²) in [5.41, 5.74) is 2.91. The van der Waals surface area contributed by atoms with Gasteiger partial charge in [0.15, 0.2) is 5.69 Å². The Kier molecular flexibility index (Phi) is 3.25. The SMILES string of the molecule is O=C(O)c1c(C2=CC(O)c3ccccc32)nnn1-c1ccccc1. The van der Waals surface area contributed by atoms with Gasteiger partial charge in [-0.15, -0.1) is 5.10 Å². The number of rotatable bonds is 3. The van der Waals surface area contributed by atoms with Crippen LogP contribution in [0.1, 0.15) is 33.4 Å². The summed E-state index contributed by atoms with van der Waals surface area (Å²) in [6.07, 6.45) is 0.830. The number of para-hydroxylation sites is 1. The van der Waals surface area contributed by atoms with Gasteiger partial charge in [0.05, 0.1) is 11.8 Å². The molecule has 4 rings (SSSR count). The molecule has 0 fully saturated rings. The molecule has 1 aliphatic rings. The highest BCUT2D eigenvalue weighted by Gasteiger charge is 2.29. The van der Waals surface area contributed by atoms with E-state index in [0.29, 0.717) is 11.3 Å². The summed E-state index contributed by atoms with van der Waals surface area (Å²) < 4.78 is 1.30. The molecule has 2 N–H and O–H groups in total. The monoisotopic (exact) mass is 319 g/mol. The number of carboxylic acids is 1. The minimum atomic E-state index is -1.13. The van der Waals surface area contributed by atoms with Gasteiger partial charge < -0.3 is 10.2 Å². The van der Waals surface area contributed by atoms with Crippen molar-refractivity contribution in [1.29, 1.82) is 0 Å². The third kappa shape index (κ3) is 2.12. The van der Waals surface area contributed by atoms with E-state index in [1.54, 1.807) is 30.3 Å². The number of aliphatic hydroxyl groups excluding tert-OH is 1. The number of aromatic nitrogens is 3. The molecule has 24 heavy (non-hydrogen) atoms. The molecule has 0 aliphatic heterocycles. The Bertz CT molecular complexity index is 961. The van der Waals surface area contributed by atoms with Gasteiger partial charge in [0.2, 0.25) is 0 Å². The number of carbonyl (C=O) groups is 1. The molecule has 0 bridgehead atoms. The van der Waals surface area contributed by atoms with Gasteiger partial charge in [-0.25, -0.2) is 9.48 Å². The molecule has 1 aromatic heterocycles. The van der Waals surface area contributed by atoms with Gasteiger partial charge in [0.25, 0.3) is 0 Å². The largest absolute Gasteiger partial charge is 0.476 e. The summed E-state index contributed by atoms with van der Waals surface area (Å²) in [5.74, 6) is -1.13. The van der Waals surface area contributed by atoms with Crippen molar-refractivity contribution in [1.82, 2.24) is 15.0 Å². The van der Waals surface area contributed by atoms with E-state index in [1.807, 2.05) is 30.3 Å². The molecular formula is C18H13N3O3. The zero-order valence-corrected chi connectivity index (χ0v) is 12.5. The molecule has 1 aliphatic carbocycles. The molecule has 6 nitrogen and oxygen atoms in total. The van der Waals surface area contributed by atoms with Gasteiger partial charge in [-0.3, -0.25) is 0 Å². The van der Waals surface area contributed by atoms with Crippen LogP contribution >= 0.6 is 0 Å². The summed E-state index contributed by atoms with van der Waals surface area (Å²) in [7, 11) is 0. The first-order valence-electron chi connectivity index (χ1n) is 7.41. The highest BCUT2D eigenvalue weighted by molar-refractivity contribution is 5.96. The van der Waals surface area contributed by atoms with Gasteiger partial charge >= 0.3 is 5.97 Å². The van der Waals surface area contributed by atoms with Crippen LogP contribution in [0.15, 0.2) is 60.7 Å². The number of benzene rings is 2. The second kappa shape index (κ2) is 5.43. The molecule has 0 saturated carbocycles. The fourth-order valence-corrected chi connectivity index (χ4v) is 2.95. The summed E-state index contributed by atoms with van der Waals surface area (Å²) in [6, 6.07) is 16.3. The van der Waals surface area contributed by atoms with E-state index >= 15 is 0 Å². The molecule has 0 saturated heterocycles. The average Bonchev–Trinajstić information content (AvgIpc) is 3.18. The first-order chi connectivity index (χ1) is 11.7. The Balaban J connectivity index is 1.91. The average molecular weight is 319 g/mol. The Morgan fingerprint density at radius 2 is 1.75 bits per heavy atom. The normalized spacial score (nSPS) is 15.9. The molecule has 6 heteroatoms. The summed E-state index contributed by atoms with van der Waals surface area (Å²) in [6.45, 7) is 0. The van der Waals surface area contributed by atoms with Crippen LogP contribution in [0.5, 0.6) is 0 Å². The molecule has 3 aromatic rings. The highest BCUT2D eigenvalue weighted by atomic mass is 16.4. The molecule has 2 aromatic carbocycles. The zero-order chi connectivity index (χ0) is 16.7. The Labute approximate surface area is 137 Å². The maximum absolute atomic E-state index is 11.8. The first kappa shape index (κ1) is 14.3. The molecular weight excluding hydrogens is 306 g/mol. The number of nitrogens with zero attached hydrogens (tertiary/aromatic N) is 3. The fourth-order valence-electron chi connectivity index (χ4n) is 2.95. The maximum atomic E-state index is 11.8. The molecule has 0 radical (unpaired) electrons. The second-order valence-corrected chi connectivity index (χ2v) is 5.45. The fraction of sp³-hybridized carbons (Fsp3) is 0.0556. The number of hydrogen-bond acceptors (Lipinski definition) is 4. The smallest absolute Gasteiger partial charge is 0.357 e. The quantitative estimate of drug-likeness (QED) is 0.774. The molecule has 1 heterocycles. The third-order valence-electron chi connectivity index (χ3n) is 4.02. The van der Waals surface area contributed by atoms with Crippen LogP contribution in [0.2, 0.25) is 0 Å². The standard InChI is InChI=1S/C18H13N3O3/c22-15-10-14(12-8-4-5-9-13(12)15)16-17(18(23)24)21(20-19-16)11-6-2-1-3-7-11/h1-10,15,22H,(H,23,24). The minimum absolute atomic E-state index is 0.0312. The molecule has 1 unspecified atom stereocenters. The van der Waals surface area contributed by atoms with E-state index in [-0.39, 0.29) is 11.4 Å². The van der Waals surface area contributed by atoms with E-state index in [9.17, 15) is 15.0 Å². The van der Waals surface area contributed by atoms with Crippen LogP contribution in [-0.4, -0.2) is 31.2 Å². The van der Waals surface area contributed by atoms with Crippen molar-refractivity contribution in [3.05, 3.63) is 83.2 Å². The van der Waals surface area contributed by atoms with Crippen molar-refractivity contribution >= 4 is 11.5 Å². The second-order valence-electron chi connectivity index (χ2n) is 5.45.